The smallest absolute Gasteiger partial charge is 0.273 e. The summed E-state index contributed by atoms with van der Waals surface area (Å²) in [4.78, 5) is 22.4. The van der Waals surface area contributed by atoms with E-state index in [0.29, 0.717) is 23.2 Å². The number of rotatable bonds is 7. The summed E-state index contributed by atoms with van der Waals surface area (Å²) in [6.45, 7) is 9.71. The van der Waals surface area contributed by atoms with Gasteiger partial charge >= 0.3 is 0 Å². The van der Waals surface area contributed by atoms with E-state index in [1.54, 1.807) is 16.2 Å². The molecule has 0 saturated carbocycles. The second-order valence-corrected chi connectivity index (χ2v) is 8.31. The molecule has 3 aromatic rings. The Morgan fingerprint density at radius 2 is 1.87 bits per heavy atom. The molecule has 0 fully saturated rings. The minimum Gasteiger partial charge on any atom is -0.485 e. The number of thiazole rings is 1. The summed E-state index contributed by atoms with van der Waals surface area (Å²) < 4.78 is 12.9. The van der Waals surface area contributed by atoms with Crippen molar-refractivity contribution in [3.63, 3.8) is 0 Å². The van der Waals surface area contributed by atoms with Crippen molar-refractivity contribution in [1.82, 2.24) is 9.88 Å². The van der Waals surface area contributed by atoms with Crippen molar-refractivity contribution < 1.29 is 14.3 Å². The lowest BCUT2D eigenvalue weighted by Gasteiger charge is -2.30. The number of anilines is 1. The summed E-state index contributed by atoms with van der Waals surface area (Å²) >= 11 is 1.54. The molecule has 0 radical (unpaired) electrons. The number of aromatic nitrogens is 1. The van der Waals surface area contributed by atoms with Crippen LogP contribution in [0.3, 0.4) is 0 Å². The van der Waals surface area contributed by atoms with Gasteiger partial charge in [0.2, 0.25) is 6.10 Å². The molecule has 30 heavy (non-hydrogen) atoms. The van der Waals surface area contributed by atoms with Crippen LogP contribution >= 0.6 is 11.3 Å². The Balaban J connectivity index is 1.62. The maximum absolute atomic E-state index is 13.5. The van der Waals surface area contributed by atoms with E-state index >= 15 is 0 Å². The molecule has 0 N–H and O–H groups in total. The van der Waals surface area contributed by atoms with Crippen molar-refractivity contribution in [2.24, 2.45) is 0 Å². The first-order chi connectivity index (χ1) is 14.6. The Morgan fingerprint density at radius 1 is 1.10 bits per heavy atom. The molecule has 1 aliphatic rings. The highest BCUT2D eigenvalue weighted by Gasteiger charge is 2.33. The average Bonchev–Trinajstić information content (AvgIpc) is 3.21. The molecule has 0 aliphatic carbocycles. The number of para-hydroxylation sites is 3. The fraction of sp³-hybridized carbons (Fsp3) is 0.391. The van der Waals surface area contributed by atoms with Gasteiger partial charge in [-0.1, -0.05) is 49.4 Å². The van der Waals surface area contributed by atoms with E-state index in [2.05, 4.69) is 18.7 Å². The second-order valence-electron chi connectivity index (χ2n) is 7.30. The Hall–Kier alpha value is -2.64. The first-order valence-electron chi connectivity index (χ1n) is 10.4. The quantitative estimate of drug-likeness (QED) is 0.570. The molecule has 0 saturated heterocycles. The summed E-state index contributed by atoms with van der Waals surface area (Å²) in [6, 6.07) is 13.6. The number of nitrogens with zero attached hydrogens (tertiary/aromatic N) is 3. The van der Waals surface area contributed by atoms with Crippen molar-refractivity contribution >= 4 is 32.6 Å². The lowest BCUT2D eigenvalue weighted by molar-refractivity contribution is -0.127. The minimum atomic E-state index is -0.690. The van der Waals surface area contributed by atoms with Crippen LogP contribution in [0, 0.1) is 6.92 Å². The van der Waals surface area contributed by atoms with Crippen LogP contribution in [0.4, 0.5) is 5.13 Å². The molecule has 6 nitrogen and oxygen atoms in total. The zero-order chi connectivity index (χ0) is 21.1. The molecule has 0 unspecified atom stereocenters. The normalized spacial score (nSPS) is 15.5. The summed E-state index contributed by atoms with van der Waals surface area (Å²) in [5.41, 5.74) is 2.06. The van der Waals surface area contributed by atoms with Crippen molar-refractivity contribution in [3.05, 3.63) is 48.0 Å². The third-order valence-electron chi connectivity index (χ3n) is 5.42. The SMILES string of the molecule is CCN(CC)CCN(C(=O)[C@H]1COc2ccccc2O1)c1nc2c(C)cccc2s1. The van der Waals surface area contributed by atoms with E-state index in [9.17, 15) is 4.79 Å². The maximum atomic E-state index is 13.5. The molecule has 2 aromatic carbocycles. The van der Waals surface area contributed by atoms with Crippen LogP contribution in [0.1, 0.15) is 19.4 Å². The molecule has 7 heteroatoms. The first-order valence-corrected chi connectivity index (χ1v) is 11.2. The summed E-state index contributed by atoms with van der Waals surface area (Å²) in [5, 5.41) is 0.707. The molecule has 1 aliphatic heterocycles. The molecule has 0 bridgehead atoms. The van der Waals surface area contributed by atoms with Gasteiger partial charge in [0, 0.05) is 13.1 Å². The van der Waals surface area contributed by atoms with Crippen LogP contribution in [-0.2, 0) is 4.79 Å². The zero-order valence-electron chi connectivity index (χ0n) is 17.6. The first kappa shape index (κ1) is 20.6. The number of hydrogen-bond donors (Lipinski definition) is 0. The van der Waals surface area contributed by atoms with Gasteiger partial charge in [-0.25, -0.2) is 4.98 Å². The number of carbonyl (C=O) groups excluding carboxylic acids is 1. The Morgan fingerprint density at radius 3 is 2.60 bits per heavy atom. The van der Waals surface area contributed by atoms with Crippen LogP contribution in [0.5, 0.6) is 11.5 Å². The van der Waals surface area contributed by atoms with E-state index < -0.39 is 6.10 Å². The van der Waals surface area contributed by atoms with Gasteiger partial charge in [-0.2, -0.15) is 0 Å². The minimum absolute atomic E-state index is 0.117. The molecule has 0 spiro atoms. The number of likely N-dealkylation sites (N-methyl/N-ethyl adjacent to an activating group) is 1. The van der Waals surface area contributed by atoms with E-state index in [4.69, 9.17) is 14.5 Å². The third-order valence-corrected chi connectivity index (χ3v) is 6.47. The highest BCUT2D eigenvalue weighted by molar-refractivity contribution is 7.22. The van der Waals surface area contributed by atoms with Crippen LogP contribution in [0.2, 0.25) is 0 Å². The highest BCUT2D eigenvalue weighted by Crippen LogP contribution is 2.34. The van der Waals surface area contributed by atoms with Crippen LogP contribution in [0.25, 0.3) is 10.2 Å². The molecule has 1 aromatic heterocycles. The number of aryl methyl sites for hydroxylation is 1. The molecule has 4 rings (SSSR count). The molecule has 158 valence electrons. The number of benzene rings is 2. The van der Waals surface area contributed by atoms with Gasteiger partial charge in [0.05, 0.1) is 10.2 Å². The van der Waals surface area contributed by atoms with Gasteiger partial charge < -0.3 is 14.4 Å². The van der Waals surface area contributed by atoms with E-state index in [1.165, 1.54) is 0 Å². The fourth-order valence-corrected chi connectivity index (χ4v) is 4.66. The molecular formula is C23H27N3O3S. The number of ether oxygens (including phenoxy) is 2. The highest BCUT2D eigenvalue weighted by atomic mass is 32.1. The van der Waals surface area contributed by atoms with Gasteiger partial charge in [-0.3, -0.25) is 9.69 Å². The largest absolute Gasteiger partial charge is 0.485 e. The van der Waals surface area contributed by atoms with Gasteiger partial charge in [0.25, 0.3) is 5.91 Å². The summed E-state index contributed by atoms with van der Waals surface area (Å²) in [5.74, 6) is 1.16. The van der Waals surface area contributed by atoms with E-state index in [0.717, 1.165) is 35.4 Å². The predicted molar refractivity (Wildman–Crippen MR) is 121 cm³/mol. The Bertz CT molecular complexity index is 1030. The van der Waals surface area contributed by atoms with Crippen molar-refractivity contribution in [3.8, 4) is 11.5 Å². The van der Waals surface area contributed by atoms with Gasteiger partial charge in [-0.05, 0) is 43.8 Å². The maximum Gasteiger partial charge on any atom is 0.273 e. The molecule has 1 atom stereocenters. The standard InChI is InChI=1S/C23H27N3O3S/c1-4-25(5-2)13-14-26(23-24-21-16(3)9-8-12-20(21)30-23)22(27)19-15-28-17-10-6-7-11-18(17)29-19/h6-12,19H,4-5,13-15H2,1-3H3/t19-/m1/s1. The summed E-state index contributed by atoms with van der Waals surface area (Å²) in [6.07, 6.45) is -0.690. The lowest BCUT2D eigenvalue weighted by Crippen LogP contribution is -2.48. The molecule has 2 heterocycles. The Labute approximate surface area is 181 Å². The van der Waals surface area contributed by atoms with Crippen LogP contribution in [0.15, 0.2) is 42.5 Å². The van der Waals surface area contributed by atoms with Crippen molar-refractivity contribution in [1.29, 1.82) is 0 Å². The fourth-order valence-electron chi connectivity index (χ4n) is 3.59. The third kappa shape index (κ3) is 4.13. The van der Waals surface area contributed by atoms with Crippen molar-refractivity contribution in [2.45, 2.75) is 26.9 Å². The monoisotopic (exact) mass is 425 g/mol. The molecule has 1 amide bonds. The summed E-state index contributed by atoms with van der Waals surface area (Å²) in [7, 11) is 0. The van der Waals surface area contributed by atoms with Gasteiger partial charge in [0.15, 0.2) is 16.6 Å². The second kappa shape index (κ2) is 9.02. The average molecular weight is 426 g/mol. The predicted octanol–water partition coefficient (Wildman–Crippen LogP) is 4.12. The lowest BCUT2D eigenvalue weighted by atomic mass is 10.2. The molecular weight excluding hydrogens is 398 g/mol. The number of carbonyl (C=O) groups is 1. The topological polar surface area (TPSA) is 54.9 Å². The Kier molecular flexibility index (Phi) is 6.20. The van der Waals surface area contributed by atoms with Gasteiger partial charge in [0.1, 0.15) is 6.61 Å². The van der Waals surface area contributed by atoms with E-state index in [-0.39, 0.29) is 12.5 Å². The number of fused-ring (bicyclic) bond motifs is 2. The van der Waals surface area contributed by atoms with Crippen molar-refractivity contribution in [2.75, 3.05) is 37.7 Å². The van der Waals surface area contributed by atoms with Crippen LogP contribution < -0.4 is 14.4 Å². The van der Waals surface area contributed by atoms with Crippen LogP contribution in [-0.4, -0.2) is 54.7 Å². The van der Waals surface area contributed by atoms with E-state index in [1.807, 2.05) is 49.4 Å². The van der Waals surface area contributed by atoms with Gasteiger partial charge in [-0.15, -0.1) is 0 Å². The zero-order valence-corrected chi connectivity index (χ0v) is 18.4. The number of hydrogen-bond acceptors (Lipinski definition) is 6. The number of amides is 1.